The summed E-state index contributed by atoms with van der Waals surface area (Å²) < 4.78 is 13.6. The summed E-state index contributed by atoms with van der Waals surface area (Å²) in [6, 6.07) is 19.8. The van der Waals surface area contributed by atoms with E-state index in [1.54, 1.807) is 0 Å². The first-order valence-corrected chi connectivity index (χ1v) is 11.5. The third-order valence-electron chi connectivity index (χ3n) is 5.20. The van der Waals surface area contributed by atoms with Crippen LogP contribution in [0.2, 0.25) is 0 Å². The van der Waals surface area contributed by atoms with Crippen molar-refractivity contribution in [1.29, 1.82) is 0 Å². The third kappa shape index (κ3) is 6.93. The van der Waals surface area contributed by atoms with Crippen molar-refractivity contribution in [1.82, 2.24) is 14.7 Å². The lowest BCUT2D eigenvalue weighted by Crippen LogP contribution is -2.35. The molecule has 6 heteroatoms. The van der Waals surface area contributed by atoms with Gasteiger partial charge in [-0.25, -0.2) is 4.68 Å². The minimum absolute atomic E-state index is 0.198. The van der Waals surface area contributed by atoms with Crippen LogP contribution in [-0.2, 0) is 17.7 Å². The largest absolute Gasteiger partial charge is 0.439 e. The first-order valence-electron chi connectivity index (χ1n) is 11.5. The first kappa shape index (κ1) is 24.5. The summed E-state index contributed by atoms with van der Waals surface area (Å²) in [5.74, 6) is 3.88. The molecule has 6 nitrogen and oxygen atoms in total. The summed E-state index contributed by atoms with van der Waals surface area (Å²) in [6.45, 7) is 6.55. The highest BCUT2D eigenvalue weighted by atomic mass is 16.5. The standard InChI is InChI=1S/C27H33N3O3/c1-4-17-29(19-23(31)21-32-18-5-2)20-25-26(6-3)28-30(22-13-9-7-10-14-22)27(25)33-24-15-11-8-12-16-24/h2,7-16,23,31H,4,6,17-21H2,1,3H3. The zero-order valence-corrected chi connectivity index (χ0v) is 19.5. The molecule has 0 spiro atoms. The van der Waals surface area contributed by atoms with Crippen LogP contribution in [0.5, 0.6) is 11.6 Å². The number of hydrogen-bond donors (Lipinski definition) is 1. The van der Waals surface area contributed by atoms with Crippen molar-refractivity contribution in [3.8, 4) is 29.7 Å². The van der Waals surface area contributed by atoms with E-state index in [0.717, 1.165) is 42.1 Å². The van der Waals surface area contributed by atoms with Gasteiger partial charge in [-0.2, -0.15) is 5.10 Å². The molecule has 0 fully saturated rings. The fourth-order valence-electron chi connectivity index (χ4n) is 3.75. The second-order valence-electron chi connectivity index (χ2n) is 7.85. The van der Waals surface area contributed by atoms with Gasteiger partial charge < -0.3 is 14.6 Å². The molecule has 3 rings (SSSR count). The lowest BCUT2D eigenvalue weighted by molar-refractivity contribution is 0.0259. The highest BCUT2D eigenvalue weighted by Gasteiger charge is 2.23. The Morgan fingerprint density at radius 2 is 1.79 bits per heavy atom. The predicted molar refractivity (Wildman–Crippen MR) is 131 cm³/mol. The van der Waals surface area contributed by atoms with Crippen molar-refractivity contribution in [3.05, 3.63) is 71.9 Å². The van der Waals surface area contributed by atoms with Gasteiger partial charge in [0, 0.05) is 13.1 Å². The molecule has 0 saturated heterocycles. The van der Waals surface area contributed by atoms with Crippen LogP contribution in [0, 0.1) is 12.3 Å². The van der Waals surface area contributed by atoms with Crippen molar-refractivity contribution in [3.63, 3.8) is 0 Å². The van der Waals surface area contributed by atoms with E-state index >= 15 is 0 Å². The zero-order valence-electron chi connectivity index (χ0n) is 19.5. The molecule has 0 aliphatic carbocycles. The number of benzene rings is 2. The number of aliphatic hydroxyl groups excluding tert-OH is 1. The molecule has 0 radical (unpaired) electrons. The van der Waals surface area contributed by atoms with Crippen LogP contribution in [-0.4, -0.2) is 52.2 Å². The van der Waals surface area contributed by atoms with Gasteiger partial charge in [-0.3, -0.25) is 4.90 Å². The minimum Gasteiger partial charge on any atom is -0.439 e. The van der Waals surface area contributed by atoms with Crippen LogP contribution in [0.25, 0.3) is 5.69 Å². The lowest BCUT2D eigenvalue weighted by Gasteiger charge is -2.25. The second-order valence-corrected chi connectivity index (χ2v) is 7.85. The first-order chi connectivity index (χ1) is 16.2. The SMILES string of the molecule is C#CCOCC(O)CN(CCC)Cc1c(CC)nn(-c2ccccc2)c1Oc1ccccc1. The Morgan fingerprint density at radius 1 is 1.09 bits per heavy atom. The zero-order chi connectivity index (χ0) is 23.5. The maximum Gasteiger partial charge on any atom is 0.227 e. The van der Waals surface area contributed by atoms with E-state index in [2.05, 4.69) is 24.7 Å². The van der Waals surface area contributed by atoms with E-state index in [4.69, 9.17) is 21.0 Å². The Balaban J connectivity index is 1.94. The molecule has 0 amide bonds. The van der Waals surface area contributed by atoms with Crippen molar-refractivity contribution in [2.45, 2.75) is 39.3 Å². The maximum absolute atomic E-state index is 10.5. The number of ether oxygens (including phenoxy) is 2. The lowest BCUT2D eigenvalue weighted by atomic mass is 10.1. The molecular formula is C27H33N3O3. The molecule has 0 aliphatic heterocycles. The molecule has 0 saturated carbocycles. The van der Waals surface area contributed by atoms with Crippen LogP contribution in [0.15, 0.2) is 60.7 Å². The number of aromatic nitrogens is 2. The summed E-state index contributed by atoms with van der Waals surface area (Å²) in [5.41, 5.74) is 2.94. The van der Waals surface area contributed by atoms with Crippen molar-refractivity contribution in [2.24, 2.45) is 0 Å². The van der Waals surface area contributed by atoms with E-state index in [0.29, 0.717) is 19.0 Å². The van der Waals surface area contributed by atoms with Gasteiger partial charge in [0.1, 0.15) is 12.4 Å². The number of terminal acetylenes is 1. The van der Waals surface area contributed by atoms with E-state index in [1.807, 2.05) is 65.3 Å². The quantitative estimate of drug-likeness (QED) is 0.310. The van der Waals surface area contributed by atoms with E-state index in [9.17, 15) is 5.11 Å². The van der Waals surface area contributed by atoms with Crippen molar-refractivity contribution < 1.29 is 14.6 Å². The third-order valence-corrected chi connectivity index (χ3v) is 5.20. The van der Waals surface area contributed by atoms with Gasteiger partial charge in [0.15, 0.2) is 0 Å². The molecule has 0 aliphatic rings. The smallest absolute Gasteiger partial charge is 0.227 e. The Labute approximate surface area is 196 Å². The van der Waals surface area contributed by atoms with Crippen LogP contribution < -0.4 is 4.74 Å². The predicted octanol–water partition coefficient (Wildman–Crippen LogP) is 4.45. The van der Waals surface area contributed by atoms with Gasteiger partial charge in [0.2, 0.25) is 5.88 Å². The molecule has 1 heterocycles. The summed E-state index contributed by atoms with van der Waals surface area (Å²) >= 11 is 0. The van der Waals surface area contributed by atoms with Crippen LogP contribution >= 0.6 is 0 Å². The molecule has 174 valence electrons. The molecule has 33 heavy (non-hydrogen) atoms. The van der Waals surface area contributed by atoms with Crippen molar-refractivity contribution >= 4 is 0 Å². The average molecular weight is 448 g/mol. The fourth-order valence-corrected chi connectivity index (χ4v) is 3.75. The Bertz CT molecular complexity index is 1010. The number of aliphatic hydroxyl groups is 1. The van der Waals surface area contributed by atoms with Crippen LogP contribution in [0.3, 0.4) is 0 Å². The molecule has 1 aromatic heterocycles. The molecule has 0 bridgehead atoms. The van der Waals surface area contributed by atoms with Gasteiger partial charge in [-0.15, -0.1) is 6.42 Å². The molecular weight excluding hydrogens is 414 g/mol. The number of para-hydroxylation sites is 2. The number of hydrogen-bond acceptors (Lipinski definition) is 5. The summed E-state index contributed by atoms with van der Waals surface area (Å²) in [5, 5.41) is 15.4. The fraction of sp³-hybridized carbons (Fsp3) is 0.370. The van der Waals surface area contributed by atoms with Crippen LogP contribution in [0.4, 0.5) is 0 Å². The summed E-state index contributed by atoms with van der Waals surface area (Å²) in [6.07, 6.45) is 6.34. The van der Waals surface area contributed by atoms with Gasteiger partial charge in [0.05, 0.1) is 29.7 Å². The molecule has 1 unspecified atom stereocenters. The summed E-state index contributed by atoms with van der Waals surface area (Å²) in [7, 11) is 0. The molecule has 1 N–H and O–H groups in total. The van der Waals surface area contributed by atoms with E-state index in [-0.39, 0.29) is 13.2 Å². The highest BCUT2D eigenvalue weighted by molar-refractivity contribution is 5.43. The molecule has 3 aromatic rings. The van der Waals surface area contributed by atoms with E-state index < -0.39 is 6.10 Å². The monoisotopic (exact) mass is 447 g/mol. The van der Waals surface area contributed by atoms with Gasteiger partial charge in [0.25, 0.3) is 0 Å². The number of nitrogens with zero attached hydrogens (tertiary/aromatic N) is 3. The topological polar surface area (TPSA) is 59.8 Å². The van der Waals surface area contributed by atoms with Gasteiger partial charge in [-0.1, -0.05) is 56.2 Å². The second kappa shape index (κ2) is 12.8. The Morgan fingerprint density at radius 3 is 2.42 bits per heavy atom. The molecule has 2 aromatic carbocycles. The average Bonchev–Trinajstić information content (AvgIpc) is 3.17. The van der Waals surface area contributed by atoms with Gasteiger partial charge in [-0.05, 0) is 43.7 Å². The van der Waals surface area contributed by atoms with E-state index in [1.165, 1.54) is 0 Å². The highest BCUT2D eigenvalue weighted by Crippen LogP contribution is 2.32. The number of rotatable bonds is 13. The maximum atomic E-state index is 10.5. The normalized spacial score (nSPS) is 12.0. The van der Waals surface area contributed by atoms with Gasteiger partial charge >= 0.3 is 0 Å². The minimum atomic E-state index is -0.627. The number of aryl methyl sites for hydroxylation is 1. The summed E-state index contributed by atoms with van der Waals surface area (Å²) in [4.78, 5) is 2.22. The Hall–Kier alpha value is -3.11. The van der Waals surface area contributed by atoms with Crippen LogP contribution in [0.1, 0.15) is 31.5 Å². The van der Waals surface area contributed by atoms with Crippen molar-refractivity contribution in [2.75, 3.05) is 26.3 Å². The Kier molecular flexibility index (Phi) is 9.52. The molecule has 1 atom stereocenters.